The summed E-state index contributed by atoms with van der Waals surface area (Å²) in [7, 11) is 0. The van der Waals surface area contributed by atoms with Crippen LogP contribution in [0.15, 0.2) is 6.08 Å². The maximum Gasteiger partial charge on any atom is 0.296 e. The standard InChI is InChI=1S/C20H24FN3O2/c1-4-5-16(25)24-13-7-6-12(8-13)18-15(21)9-14(20(22)26)19-17(18)10(2)11(3)23-19/h9,12-13,15,18,23H,6-8H2,1-3H3,(H2,22,26)(H,24,25)/t12?,13-,15?,18+/m1/s1. The minimum absolute atomic E-state index is 0.00543. The lowest BCUT2D eigenvalue weighted by atomic mass is 9.75. The second-order valence-corrected chi connectivity index (χ2v) is 7.20. The van der Waals surface area contributed by atoms with E-state index in [2.05, 4.69) is 22.1 Å². The summed E-state index contributed by atoms with van der Waals surface area (Å²) in [5.74, 6) is 3.91. The normalized spacial score (nSPS) is 27.2. The first-order valence-corrected chi connectivity index (χ1v) is 8.91. The molecule has 0 saturated heterocycles. The van der Waals surface area contributed by atoms with Gasteiger partial charge in [-0.2, -0.15) is 0 Å². The SMILES string of the molecule is CC#CC(=O)N[C@@H]1CCC([C@@H]2c3c([nH]c(C)c3C)C(C(N)=O)=CC2F)C1. The van der Waals surface area contributed by atoms with Crippen molar-refractivity contribution >= 4 is 17.4 Å². The van der Waals surface area contributed by atoms with Crippen LogP contribution in [-0.4, -0.2) is 29.0 Å². The lowest BCUT2D eigenvalue weighted by Crippen LogP contribution is -2.33. The summed E-state index contributed by atoms with van der Waals surface area (Å²) in [6.07, 6.45) is 2.39. The van der Waals surface area contributed by atoms with E-state index in [0.29, 0.717) is 12.1 Å². The fourth-order valence-electron chi connectivity index (χ4n) is 4.38. The van der Waals surface area contributed by atoms with E-state index >= 15 is 4.39 Å². The zero-order chi connectivity index (χ0) is 19.0. The molecule has 1 fully saturated rings. The number of allylic oxidation sites excluding steroid dienone is 1. The molecule has 0 aliphatic heterocycles. The van der Waals surface area contributed by atoms with Crippen molar-refractivity contribution in [2.75, 3.05) is 0 Å². The fraction of sp³-hybridized carbons (Fsp3) is 0.500. The first-order chi connectivity index (χ1) is 12.3. The number of H-pyrrole nitrogens is 1. The Morgan fingerprint density at radius 1 is 1.35 bits per heavy atom. The summed E-state index contributed by atoms with van der Waals surface area (Å²) in [6.45, 7) is 5.48. The first-order valence-electron chi connectivity index (χ1n) is 8.91. The van der Waals surface area contributed by atoms with Crippen LogP contribution in [0.2, 0.25) is 0 Å². The number of nitrogens with two attached hydrogens (primary N) is 1. The molecule has 0 aromatic carbocycles. The summed E-state index contributed by atoms with van der Waals surface area (Å²) >= 11 is 0. The summed E-state index contributed by atoms with van der Waals surface area (Å²) in [5, 5.41) is 2.90. The van der Waals surface area contributed by atoms with E-state index in [4.69, 9.17) is 5.73 Å². The fourth-order valence-corrected chi connectivity index (χ4v) is 4.38. The van der Waals surface area contributed by atoms with Crippen LogP contribution in [-0.2, 0) is 9.59 Å². The Morgan fingerprint density at radius 3 is 2.73 bits per heavy atom. The Bertz CT molecular complexity index is 843. The predicted molar refractivity (Wildman–Crippen MR) is 97.8 cm³/mol. The highest BCUT2D eigenvalue weighted by molar-refractivity contribution is 6.19. The summed E-state index contributed by atoms with van der Waals surface area (Å²) in [6, 6.07) is 0.00543. The molecular formula is C20H24FN3O2. The number of primary amides is 1. The smallest absolute Gasteiger partial charge is 0.296 e. The molecule has 2 unspecified atom stereocenters. The summed E-state index contributed by atoms with van der Waals surface area (Å²) < 4.78 is 15.1. The molecule has 138 valence electrons. The van der Waals surface area contributed by atoms with Crippen LogP contribution in [0.25, 0.3) is 5.57 Å². The minimum Gasteiger partial charge on any atom is -0.366 e. The zero-order valence-corrected chi connectivity index (χ0v) is 15.3. The molecule has 4 atom stereocenters. The highest BCUT2D eigenvalue weighted by Gasteiger charge is 2.42. The van der Waals surface area contributed by atoms with Gasteiger partial charge >= 0.3 is 0 Å². The van der Waals surface area contributed by atoms with Gasteiger partial charge in [-0.1, -0.05) is 5.92 Å². The molecule has 2 aliphatic rings. The third-order valence-corrected chi connectivity index (χ3v) is 5.64. The van der Waals surface area contributed by atoms with E-state index in [-0.39, 0.29) is 29.4 Å². The maximum atomic E-state index is 15.1. The van der Waals surface area contributed by atoms with Crippen molar-refractivity contribution in [1.29, 1.82) is 0 Å². The number of hydrogen-bond acceptors (Lipinski definition) is 2. The predicted octanol–water partition coefficient (Wildman–Crippen LogP) is 2.24. The second kappa shape index (κ2) is 6.99. The Hall–Kier alpha value is -2.55. The van der Waals surface area contributed by atoms with Gasteiger partial charge in [0.15, 0.2) is 0 Å². The zero-order valence-electron chi connectivity index (χ0n) is 15.3. The largest absolute Gasteiger partial charge is 0.366 e. The molecule has 0 spiro atoms. The van der Waals surface area contributed by atoms with E-state index in [1.165, 1.54) is 6.08 Å². The molecule has 6 heteroatoms. The summed E-state index contributed by atoms with van der Waals surface area (Å²) in [5.41, 5.74) is 9.08. The van der Waals surface area contributed by atoms with Crippen LogP contribution < -0.4 is 11.1 Å². The van der Waals surface area contributed by atoms with Gasteiger partial charge in [-0.3, -0.25) is 9.59 Å². The lowest BCUT2D eigenvalue weighted by molar-refractivity contribution is -0.116. The molecule has 4 N–H and O–H groups in total. The van der Waals surface area contributed by atoms with E-state index in [1.807, 2.05) is 13.8 Å². The van der Waals surface area contributed by atoms with Crippen molar-refractivity contribution in [3.8, 4) is 11.8 Å². The van der Waals surface area contributed by atoms with E-state index < -0.39 is 12.1 Å². The Kier molecular flexibility index (Phi) is 4.90. The van der Waals surface area contributed by atoms with Gasteiger partial charge in [0.05, 0.1) is 11.3 Å². The number of carbonyl (C=O) groups excluding carboxylic acids is 2. The molecule has 3 rings (SSSR count). The Labute approximate surface area is 152 Å². The molecule has 2 aliphatic carbocycles. The van der Waals surface area contributed by atoms with Gasteiger partial charge in [-0.25, -0.2) is 4.39 Å². The number of rotatable bonds is 3. The van der Waals surface area contributed by atoms with Crippen molar-refractivity contribution in [3.05, 3.63) is 28.6 Å². The molecule has 1 aromatic rings. The number of nitrogens with one attached hydrogen (secondary N) is 2. The van der Waals surface area contributed by atoms with Gasteiger partial charge in [-0.05, 0) is 69.1 Å². The topological polar surface area (TPSA) is 88.0 Å². The number of aromatic nitrogens is 1. The maximum absolute atomic E-state index is 15.1. The van der Waals surface area contributed by atoms with Gasteiger partial charge in [-0.15, -0.1) is 0 Å². The number of alkyl halides is 1. The van der Waals surface area contributed by atoms with Gasteiger partial charge in [0.1, 0.15) is 6.17 Å². The van der Waals surface area contributed by atoms with Crippen molar-refractivity contribution in [3.63, 3.8) is 0 Å². The highest BCUT2D eigenvalue weighted by Crippen LogP contribution is 2.47. The average molecular weight is 357 g/mol. The van der Waals surface area contributed by atoms with Gasteiger partial charge < -0.3 is 16.0 Å². The first kappa shape index (κ1) is 18.2. The lowest BCUT2D eigenvalue weighted by Gasteiger charge is -2.31. The number of aromatic amines is 1. The van der Waals surface area contributed by atoms with Crippen LogP contribution in [0.1, 0.15) is 54.6 Å². The number of halogens is 1. The third-order valence-electron chi connectivity index (χ3n) is 5.64. The highest BCUT2D eigenvalue weighted by atomic mass is 19.1. The average Bonchev–Trinajstić information content (AvgIpc) is 3.13. The molecule has 0 bridgehead atoms. The van der Waals surface area contributed by atoms with Crippen molar-refractivity contribution < 1.29 is 14.0 Å². The third kappa shape index (κ3) is 3.14. The van der Waals surface area contributed by atoms with Crippen LogP contribution in [0.5, 0.6) is 0 Å². The van der Waals surface area contributed by atoms with Gasteiger partial charge in [0, 0.05) is 17.7 Å². The van der Waals surface area contributed by atoms with Crippen molar-refractivity contribution in [2.24, 2.45) is 11.7 Å². The second-order valence-electron chi connectivity index (χ2n) is 7.20. The Balaban J connectivity index is 1.88. The molecule has 1 heterocycles. The van der Waals surface area contributed by atoms with Crippen LogP contribution >= 0.6 is 0 Å². The van der Waals surface area contributed by atoms with Crippen LogP contribution in [0.3, 0.4) is 0 Å². The van der Waals surface area contributed by atoms with Crippen LogP contribution in [0, 0.1) is 31.6 Å². The van der Waals surface area contributed by atoms with E-state index in [0.717, 1.165) is 29.7 Å². The van der Waals surface area contributed by atoms with Crippen LogP contribution in [0.4, 0.5) is 4.39 Å². The quantitative estimate of drug-likeness (QED) is 0.725. The molecular weight excluding hydrogens is 333 g/mol. The number of carbonyl (C=O) groups is 2. The number of fused-ring (bicyclic) bond motifs is 1. The van der Waals surface area contributed by atoms with E-state index in [1.54, 1.807) is 6.92 Å². The van der Waals surface area contributed by atoms with Crippen molar-refractivity contribution in [2.45, 2.75) is 58.2 Å². The molecule has 26 heavy (non-hydrogen) atoms. The molecule has 0 radical (unpaired) electrons. The van der Waals surface area contributed by atoms with E-state index in [9.17, 15) is 9.59 Å². The summed E-state index contributed by atoms with van der Waals surface area (Å²) in [4.78, 5) is 26.7. The number of hydrogen-bond donors (Lipinski definition) is 3. The Morgan fingerprint density at radius 2 is 2.08 bits per heavy atom. The molecule has 1 aromatic heterocycles. The number of amides is 2. The number of aryl methyl sites for hydroxylation is 1. The van der Waals surface area contributed by atoms with Gasteiger partial charge in [0.2, 0.25) is 0 Å². The van der Waals surface area contributed by atoms with Gasteiger partial charge in [0.25, 0.3) is 11.8 Å². The monoisotopic (exact) mass is 357 g/mol. The molecule has 2 amide bonds. The molecule has 1 saturated carbocycles. The van der Waals surface area contributed by atoms with Crippen molar-refractivity contribution in [1.82, 2.24) is 10.3 Å². The molecule has 5 nitrogen and oxygen atoms in total. The minimum atomic E-state index is -1.27.